The molecule has 0 aliphatic carbocycles. The van der Waals surface area contributed by atoms with Gasteiger partial charge in [-0.2, -0.15) is 0 Å². The molecule has 0 radical (unpaired) electrons. The Morgan fingerprint density at radius 1 is 1.26 bits per heavy atom. The Morgan fingerprint density at radius 2 is 2.15 bits per heavy atom. The summed E-state index contributed by atoms with van der Waals surface area (Å²) in [5, 5.41) is 12.4. The van der Waals surface area contributed by atoms with Crippen LogP contribution in [0, 0.1) is 0 Å². The summed E-state index contributed by atoms with van der Waals surface area (Å²) < 4.78 is 12.7. The van der Waals surface area contributed by atoms with Gasteiger partial charge in [-0.3, -0.25) is 0 Å². The lowest BCUT2D eigenvalue weighted by molar-refractivity contribution is 0.415. The Bertz CT molecular complexity index is 1130. The van der Waals surface area contributed by atoms with E-state index in [2.05, 4.69) is 21.7 Å². The zero-order valence-electron chi connectivity index (χ0n) is 14.8. The molecular weight excluding hydrogens is 382 g/mol. The molecule has 0 saturated heterocycles. The van der Waals surface area contributed by atoms with Crippen LogP contribution in [0.15, 0.2) is 56.1 Å². The summed E-state index contributed by atoms with van der Waals surface area (Å²) in [5.74, 6) is 2.17. The number of methoxy groups -OCH3 is 1. The van der Waals surface area contributed by atoms with Crippen molar-refractivity contribution in [2.75, 3.05) is 7.11 Å². The summed E-state index contributed by atoms with van der Waals surface area (Å²) in [5.41, 5.74) is 1.07. The molecular formula is C19H17N3O3S2. The number of thiophene rings is 1. The molecule has 27 heavy (non-hydrogen) atoms. The monoisotopic (exact) mass is 399 g/mol. The summed E-state index contributed by atoms with van der Waals surface area (Å²) in [7, 11) is 1.62. The quantitative estimate of drug-likeness (QED) is 0.353. The number of nitrogens with zero attached hydrogens (tertiary/aromatic N) is 3. The maximum atomic E-state index is 11.9. The molecule has 4 rings (SSSR count). The summed E-state index contributed by atoms with van der Waals surface area (Å²) >= 11 is 3.19. The van der Waals surface area contributed by atoms with Gasteiger partial charge in [0, 0.05) is 23.8 Å². The first kappa shape index (κ1) is 17.8. The van der Waals surface area contributed by atoms with Crippen LogP contribution >= 0.6 is 23.1 Å². The lowest BCUT2D eigenvalue weighted by atomic mass is 10.1. The van der Waals surface area contributed by atoms with Crippen molar-refractivity contribution in [2.24, 2.45) is 0 Å². The molecule has 0 aliphatic heterocycles. The number of fused-ring (bicyclic) bond motifs is 1. The summed E-state index contributed by atoms with van der Waals surface area (Å²) in [6.07, 6.45) is 0. The summed E-state index contributed by atoms with van der Waals surface area (Å²) in [4.78, 5) is 13.0. The molecule has 8 heteroatoms. The average Bonchev–Trinajstić information content (AvgIpc) is 3.34. The van der Waals surface area contributed by atoms with E-state index in [0.29, 0.717) is 11.3 Å². The lowest BCUT2D eigenvalue weighted by Gasteiger charge is -2.08. The van der Waals surface area contributed by atoms with Crippen LogP contribution in [0.2, 0.25) is 0 Å². The molecule has 138 valence electrons. The van der Waals surface area contributed by atoms with E-state index in [0.717, 1.165) is 39.1 Å². The molecule has 6 nitrogen and oxygen atoms in total. The highest BCUT2D eigenvalue weighted by Crippen LogP contribution is 2.31. The van der Waals surface area contributed by atoms with Crippen molar-refractivity contribution in [3.8, 4) is 16.5 Å². The van der Waals surface area contributed by atoms with Crippen molar-refractivity contribution in [1.29, 1.82) is 0 Å². The van der Waals surface area contributed by atoms with Gasteiger partial charge in [0.25, 0.3) is 0 Å². The van der Waals surface area contributed by atoms with Crippen molar-refractivity contribution in [2.45, 2.75) is 24.4 Å². The van der Waals surface area contributed by atoms with Crippen LogP contribution in [0.4, 0.5) is 0 Å². The molecule has 3 heterocycles. The van der Waals surface area contributed by atoms with E-state index in [1.165, 1.54) is 6.07 Å². The first-order valence-corrected chi connectivity index (χ1v) is 10.3. The Morgan fingerprint density at radius 3 is 2.89 bits per heavy atom. The minimum atomic E-state index is -0.362. The Labute approximate surface area is 163 Å². The largest absolute Gasteiger partial charge is 0.497 e. The van der Waals surface area contributed by atoms with Gasteiger partial charge in [0.1, 0.15) is 11.3 Å². The standard InChI is InChI=1S/C19H17N3O3S2/c1-3-22-18(16-5-4-8-26-16)20-21-19(22)27-11-12-9-17(23)25-15-7-6-13(24-2)10-14(12)15/h4-10H,3,11H2,1-2H3. The fourth-order valence-corrected chi connectivity index (χ4v) is 4.57. The fourth-order valence-electron chi connectivity index (χ4n) is 2.86. The van der Waals surface area contributed by atoms with Gasteiger partial charge in [-0.05, 0) is 42.1 Å². The number of ether oxygens (including phenoxy) is 1. The van der Waals surface area contributed by atoms with Gasteiger partial charge in [-0.25, -0.2) is 4.79 Å². The minimum Gasteiger partial charge on any atom is -0.497 e. The zero-order valence-corrected chi connectivity index (χ0v) is 16.5. The number of thioether (sulfide) groups is 1. The van der Waals surface area contributed by atoms with Gasteiger partial charge in [0.15, 0.2) is 11.0 Å². The van der Waals surface area contributed by atoms with Crippen LogP contribution in [0.5, 0.6) is 5.75 Å². The Kier molecular flexibility index (Phi) is 5.00. The highest BCUT2D eigenvalue weighted by molar-refractivity contribution is 7.98. The molecule has 0 bridgehead atoms. The lowest BCUT2D eigenvalue weighted by Crippen LogP contribution is -2.02. The predicted molar refractivity (Wildman–Crippen MR) is 108 cm³/mol. The number of benzene rings is 1. The average molecular weight is 399 g/mol. The van der Waals surface area contributed by atoms with Crippen LogP contribution in [-0.2, 0) is 12.3 Å². The molecule has 0 spiro atoms. The van der Waals surface area contributed by atoms with Gasteiger partial charge in [-0.1, -0.05) is 17.8 Å². The van der Waals surface area contributed by atoms with E-state index in [-0.39, 0.29) is 5.63 Å². The maximum Gasteiger partial charge on any atom is 0.336 e. The van der Waals surface area contributed by atoms with Crippen molar-refractivity contribution >= 4 is 34.1 Å². The Balaban J connectivity index is 1.67. The van der Waals surface area contributed by atoms with Gasteiger partial charge in [-0.15, -0.1) is 21.5 Å². The second kappa shape index (κ2) is 7.58. The van der Waals surface area contributed by atoms with E-state index in [4.69, 9.17) is 9.15 Å². The number of hydrogen-bond acceptors (Lipinski definition) is 7. The molecule has 0 amide bonds. The Hall–Kier alpha value is -2.58. The third kappa shape index (κ3) is 3.50. The summed E-state index contributed by atoms with van der Waals surface area (Å²) in [6.45, 7) is 2.84. The summed E-state index contributed by atoms with van der Waals surface area (Å²) in [6, 6.07) is 11.0. The minimum absolute atomic E-state index is 0.362. The van der Waals surface area contributed by atoms with E-state index >= 15 is 0 Å². The van der Waals surface area contributed by atoms with Crippen molar-refractivity contribution in [3.63, 3.8) is 0 Å². The topological polar surface area (TPSA) is 70.2 Å². The molecule has 1 aromatic carbocycles. The van der Waals surface area contributed by atoms with Gasteiger partial charge >= 0.3 is 5.63 Å². The normalized spacial score (nSPS) is 11.2. The van der Waals surface area contributed by atoms with E-state index in [9.17, 15) is 4.79 Å². The molecule has 0 atom stereocenters. The first-order valence-electron chi connectivity index (χ1n) is 8.40. The fraction of sp³-hybridized carbons (Fsp3) is 0.211. The molecule has 0 unspecified atom stereocenters. The third-order valence-corrected chi connectivity index (χ3v) is 6.05. The van der Waals surface area contributed by atoms with Crippen LogP contribution < -0.4 is 10.4 Å². The highest BCUT2D eigenvalue weighted by Gasteiger charge is 2.15. The molecule has 0 fully saturated rings. The number of aromatic nitrogens is 3. The van der Waals surface area contributed by atoms with Gasteiger partial charge in [0.2, 0.25) is 0 Å². The maximum absolute atomic E-state index is 11.9. The molecule has 0 N–H and O–H groups in total. The molecule has 3 aromatic heterocycles. The number of hydrogen-bond donors (Lipinski definition) is 0. The second-order valence-corrected chi connectivity index (χ2v) is 7.66. The van der Waals surface area contributed by atoms with Crippen molar-refractivity contribution in [1.82, 2.24) is 14.8 Å². The van der Waals surface area contributed by atoms with E-state index in [1.807, 2.05) is 23.6 Å². The third-order valence-electron chi connectivity index (χ3n) is 4.17. The number of rotatable bonds is 6. The highest BCUT2D eigenvalue weighted by atomic mass is 32.2. The van der Waals surface area contributed by atoms with E-state index in [1.54, 1.807) is 42.3 Å². The molecule has 4 aromatic rings. The van der Waals surface area contributed by atoms with Crippen LogP contribution in [0.1, 0.15) is 12.5 Å². The van der Waals surface area contributed by atoms with E-state index < -0.39 is 0 Å². The van der Waals surface area contributed by atoms with Crippen molar-refractivity contribution in [3.05, 3.63) is 57.8 Å². The van der Waals surface area contributed by atoms with Crippen LogP contribution in [0.3, 0.4) is 0 Å². The molecule has 0 saturated carbocycles. The SMILES string of the molecule is CCn1c(SCc2cc(=O)oc3ccc(OC)cc23)nnc1-c1cccs1. The predicted octanol–water partition coefficient (Wildman–Crippen LogP) is 4.43. The van der Waals surface area contributed by atoms with Crippen LogP contribution in [0.25, 0.3) is 21.7 Å². The molecule has 0 aliphatic rings. The first-order chi connectivity index (χ1) is 13.2. The zero-order chi connectivity index (χ0) is 18.8. The second-order valence-electron chi connectivity index (χ2n) is 5.77. The van der Waals surface area contributed by atoms with Gasteiger partial charge < -0.3 is 13.7 Å². The van der Waals surface area contributed by atoms with Crippen molar-refractivity contribution < 1.29 is 9.15 Å². The van der Waals surface area contributed by atoms with Crippen LogP contribution in [-0.4, -0.2) is 21.9 Å². The van der Waals surface area contributed by atoms with Gasteiger partial charge in [0.05, 0.1) is 12.0 Å². The smallest absolute Gasteiger partial charge is 0.336 e.